The number of halogens is 1. The number of rotatable bonds is 8. The molecule has 3 aromatic rings. The van der Waals surface area contributed by atoms with Crippen molar-refractivity contribution in [3.8, 4) is 17.6 Å². The van der Waals surface area contributed by atoms with Crippen molar-refractivity contribution in [2.45, 2.75) is 31.7 Å². The van der Waals surface area contributed by atoms with Crippen molar-refractivity contribution in [2.24, 2.45) is 0 Å². The van der Waals surface area contributed by atoms with Gasteiger partial charge in [-0.25, -0.2) is 0 Å². The molecule has 0 unspecified atom stereocenters. The lowest BCUT2D eigenvalue weighted by molar-refractivity contribution is -0.668. The molecule has 1 aliphatic rings. The monoisotopic (exact) mass is 561 g/mol. The van der Waals surface area contributed by atoms with Gasteiger partial charge in [-0.2, -0.15) is 13.0 Å². The van der Waals surface area contributed by atoms with E-state index in [0.29, 0.717) is 11.6 Å². The molecule has 0 spiro atoms. The summed E-state index contributed by atoms with van der Waals surface area (Å²) in [6, 6.07) is 11.7. The van der Waals surface area contributed by atoms with Gasteiger partial charge in [-0.1, -0.05) is 40.6 Å². The molecular weight excluding hydrogens is 536 g/mol. The lowest BCUT2D eigenvalue weighted by atomic mass is 10.2. The molecule has 0 amide bonds. The summed E-state index contributed by atoms with van der Waals surface area (Å²) in [6.07, 6.45) is 4.37. The lowest BCUT2D eigenvalue weighted by Crippen LogP contribution is -2.36. The maximum Gasteiger partial charge on any atom is 0.265 e. The predicted molar refractivity (Wildman–Crippen MR) is 149 cm³/mol. The molecule has 0 atom stereocenters. The summed E-state index contributed by atoms with van der Waals surface area (Å²) < 4.78 is 40.2. The zero-order valence-corrected chi connectivity index (χ0v) is 23.3. The van der Waals surface area contributed by atoms with Crippen LogP contribution in [0.5, 0.6) is 5.75 Å². The van der Waals surface area contributed by atoms with Crippen LogP contribution in [0, 0.1) is 11.8 Å². The van der Waals surface area contributed by atoms with E-state index in [0.717, 1.165) is 48.7 Å². The summed E-state index contributed by atoms with van der Waals surface area (Å²) in [5.41, 5.74) is 2.85. The molecule has 1 N–H and O–H groups in total. The summed E-state index contributed by atoms with van der Waals surface area (Å²) in [5.74, 6) is 6.73. The molecule has 0 saturated heterocycles. The highest BCUT2D eigenvalue weighted by Gasteiger charge is 2.25. The molecule has 36 heavy (non-hydrogen) atoms. The molecule has 0 saturated carbocycles. The minimum Gasteiger partial charge on any atom is -0.497 e. The van der Waals surface area contributed by atoms with Crippen LogP contribution >= 0.6 is 34.7 Å². The number of allylic oxidation sites excluding steroid dienone is 2. The van der Waals surface area contributed by atoms with Crippen LogP contribution in [-0.4, -0.2) is 32.4 Å². The fourth-order valence-corrected chi connectivity index (χ4v) is 6.92. The number of thioether (sulfide) groups is 1. The Bertz CT molecular complexity index is 1530. The molecule has 2 aromatic carbocycles. The van der Waals surface area contributed by atoms with Crippen molar-refractivity contribution >= 4 is 66.8 Å². The zero-order chi connectivity index (χ0) is 25.9. The van der Waals surface area contributed by atoms with E-state index < -0.39 is 10.1 Å². The van der Waals surface area contributed by atoms with E-state index >= 15 is 0 Å². The van der Waals surface area contributed by atoms with Gasteiger partial charge in [-0.15, -0.1) is 5.92 Å². The van der Waals surface area contributed by atoms with Crippen LogP contribution in [0.4, 0.5) is 5.69 Å². The average molecular weight is 562 g/mol. The van der Waals surface area contributed by atoms with Gasteiger partial charge in [0.25, 0.3) is 15.1 Å². The van der Waals surface area contributed by atoms with Crippen LogP contribution in [0.25, 0.3) is 16.3 Å². The van der Waals surface area contributed by atoms with Crippen molar-refractivity contribution in [1.29, 1.82) is 0 Å². The molecule has 10 heteroatoms. The third-order valence-electron chi connectivity index (χ3n) is 5.56. The number of nitrogens with zero attached hydrogens (tertiary/aromatic N) is 2. The Morgan fingerprint density at radius 1 is 1.28 bits per heavy atom. The first kappa shape index (κ1) is 26.6. The second kappa shape index (κ2) is 11.3. The van der Waals surface area contributed by atoms with Gasteiger partial charge < -0.3 is 9.64 Å². The highest BCUT2D eigenvalue weighted by Crippen LogP contribution is 2.47. The highest BCUT2D eigenvalue weighted by atomic mass is 35.5. The summed E-state index contributed by atoms with van der Waals surface area (Å²) in [5, 5.41) is 2.59. The Balaban J connectivity index is 1.76. The Kier molecular flexibility index (Phi) is 8.33. The third kappa shape index (κ3) is 6.07. The Morgan fingerprint density at radius 2 is 2.08 bits per heavy atom. The van der Waals surface area contributed by atoms with Gasteiger partial charge in [0.2, 0.25) is 5.52 Å². The number of thiazole rings is 1. The number of aryl methyl sites for hydroxylation is 1. The van der Waals surface area contributed by atoms with E-state index in [-0.39, 0.29) is 12.2 Å². The van der Waals surface area contributed by atoms with Crippen LogP contribution in [0.2, 0.25) is 5.02 Å². The number of methoxy groups -OCH3 is 1. The van der Waals surface area contributed by atoms with Crippen LogP contribution in [0.1, 0.15) is 25.3 Å². The molecule has 0 aliphatic carbocycles. The van der Waals surface area contributed by atoms with E-state index in [2.05, 4.69) is 35.8 Å². The van der Waals surface area contributed by atoms with Gasteiger partial charge in [0, 0.05) is 46.7 Å². The molecule has 0 bridgehead atoms. The fourth-order valence-electron chi connectivity index (χ4n) is 3.98. The van der Waals surface area contributed by atoms with Gasteiger partial charge >= 0.3 is 0 Å². The Hall–Kier alpha value is -2.48. The maximum atomic E-state index is 11.3. The van der Waals surface area contributed by atoms with Crippen molar-refractivity contribution in [2.75, 3.05) is 24.3 Å². The molecule has 4 rings (SSSR count). The number of fused-ring (bicyclic) bond motifs is 2. The van der Waals surface area contributed by atoms with Gasteiger partial charge in [-0.05, 0) is 44.2 Å². The summed E-state index contributed by atoms with van der Waals surface area (Å²) >= 11 is 9.54. The zero-order valence-electron chi connectivity index (χ0n) is 20.1. The average Bonchev–Trinajstić information content (AvgIpc) is 3.34. The largest absolute Gasteiger partial charge is 0.497 e. The second-order valence-electron chi connectivity index (χ2n) is 7.98. The summed E-state index contributed by atoms with van der Waals surface area (Å²) in [4.78, 5) is 3.39. The van der Waals surface area contributed by atoms with Crippen molar-refractivity contribution in [3.63, 3.8) is 0 Å². The van der Waals surface area contributed by atoms with Crippen LogP contribution in [-0.2, 0) is 16.7 Å². The van der Waals surface area contributed by atoms with Gasteiger partial charge in [-0.3, -0.25) is 4.55 Å². The van der Waals surface area contributed by atoms with E-state index in [4.69, 9.17) is 16.3 Å². The first-order valence-electron chi connectivity index (χ1n) is 11.3. The first-order chi connectivity index (χ1) is 17.2. The Labute approximate surface area is 225 Å². The van der Waals surface area contributed by atoms with E-state index in [9.17, 15) is 13.0 Å². The summed E-state index contributed by atoms with van der Waals surface area (Å²) in [7, 11) is -2.38. The first-order valence-corrected chi connectivity index (χ1v) is 14.9. The van der Waals surface area contributed by atoms with Crippen molar-refractivity contribution in [3.05, 3.63) is 63.1 Å². The minimum absolute atomic E-state index is 0.273. The molecule has 2 heterocycles. The maximum absolute atomic E-state index is 11.3. The van der Waals surface area contributed by atoms with E-state index in [1.54, 1.807) is 37.1 Å². The van der Waals surface area contributed by atoms with E-state index in [1.165, 1.54) is 0 Å². The molecular formula is C26H26ClN2O4S3+. The fraction of sp³-hybridized carbons (Fsp3) is 0.269. The topological polar surface area (TPSA) is 70.7 Å². The van der Waals surface area contributed by atoms with Crippen LogP contribution < -0.4 is 14.2 Å². The number of ether oxygens (including phenoxy) is 1. The normalized spacial score (nSPS) is 14.8. The van der Waals surface area contributed by atoms with Gasteiger partial charge in [0.05, 0.1) is 23.6 Å². The predicted octanol–water partition coefficient (Wildman–Crippen LogP) is 6.01. The van der Waals surface area contributed by atoms with Crippen LogP contribution in [0.3, 0.4) is 0 Å². The van der Waals surface area contributed by atoms with E-state index in [1.807, 2.05) is 41.0 Å². The number of hydrogen-bond donors (Lipinski definition) is 1. The lowest BCUT2D eigenvalue weighted by Gasteiger charge is -2.18. The molecule has 0 radical (unpaired) electrons. The molecule has 1 aliphatic heterocycles. The number of hydrogen-bond acceptors (Lipinski definition) is 6. The van der Waals surface area contributed by atoms with Crippen molar-refractivity contribution in [1.82, 2.24) is 0 Å². The number of anilines is 1. The SMILES string of the molecule is CC#CC(=Cc1sc2ccc(Cl)cc2[n+]1CCCS(=O)(=O)O)C=C1Sc2ccc(OC)cc2N1CC. The van der Waals surface area contributed by atoms with Crippen LogP contribution in [0.15, 0.2) is 58.0 Å². The van der Waals surface area contributed by atoms with Crippen molar-refractivity contribution < 1.29 is 22.3 Å². The third-order valence-corrected chi connectivity index (χ3v) is 8.82. The number of benzene rings is 2. The molecule has 6 nitrogen and oxygen atoms in total. The van der Waals surface area contributed by atoms with Gasteiger partial charge in [0.15, 0.2) is 6.54 Å². The molecule has 188 valence electrons. The second-order valence-corrected chi connectivity index (χ2v) is 12.1. The Morgan fingerprint density at radius 3 is 2.78 bits per heavy atom. The smallest absolute Gasteiger partial charge is 0.265 e. The van der Waals surface area contributed by atoms with Gasteiger partial charge in [0.1, 0.15) is 10.4 Å². The highest BCUT2D eigenvalue weighted by molar-refractivity contribution is 8.03. The minimum atomic E-state index is -4.04. The standard InChI is InChI=1S/C26H25ClN2O4S3/c1-4-7-18(14-25-28(5-2)22-17-20(33-3)9-11-24(22)34-25)15-26-29(12-6-13-36(30,31)32)21-16-19(27)8-10-23(21)35-26/h8-11,14-17H,5-6,12-13H2,1-3H3/p+1. The summed E-state index contributed by atoms with van der Waals surface area (Å²) in [6.45, 7) is 5.12. The number of aromatic nitrogens is 1. The quantitative estimate of drug-likeness (QED) is 0.206. The molecule has 1 aromatic heterocycles. The molecule has 0 fully saturated rings.